The molecule has 0 radical (unpaired) electrons. The second kappa shape index (κ2) is 6.06. The number of hydrogen-bond donors (Lipinski definition) is 1. The molecule has 1 aliphatic rings. The normalized spacial score (nSPS) is 16.9. The number of amides is 2. The first-order chi connectivity index (χ1) is 9.77. The van der Waals surface area contributed by atoms with Gasteiger partial charge in [-0.05, 0) is 46.2 Å². The number of rotatable bonds is 1. The number of benzene rings is 1. The Morgan fingerprint density at radius 1 is 1.10 bits per heavy atom. The van der Waals surface area contributed by atoms with Gasteiger partial charge in [0.15, 0.2) is 0 Å². The maximum Gasteiger partial charge on any atom is 0.321 e. The van der Waals surface area contributed by atoms with Gasteiger partial charge in [0, 0.05) is 37.4 Å². The molecule has 4 heteroatoms. The molecule has 4 nitrogen and oxygen atoms in total. The third kappa shape index (κ3) is 3.97. The van der Waals surface area contributed by atoms with Crippen LogP contribution < -0.4 is 5.32 Å². The quantitative estimate of drug-likeness (QED) is 0.861. The molecule has 1 aromatic carbocycles. The van der Waals surface area contributed by atoms with Crippen molar-refractivity contribution in [3.63, 3.8) is 0 Å². The number of carbonyl (C=O) groups excluding carboxylic acids is 1. The van der Waals surface area contributed by atoms with Crippen LogP contribution in [-0.4, -0.2) is 47.5 Å². The Morgan fingerprint density at radius 2 is 1.71 bits per heavy atom. The van der Waals surface area contributed by atoms with Gasteiger partial charge in [-0.2, -0.15) is 0 Å². The minimum Gasteiger partial charge on any atom is -0.322 e. The minimum absolute atomic E-state index is 0.00973. The lowest BCUT2D eigenvalue weighted by Crippen LogP contribution is -2.55. The topological polar surface area (TPSA) is 35.6 Å². The Bertz CT molecular complexity index is 511. The van der Waals surface area contributed by atoms with Gasteiger partial charge in [0.2, 0.25) is 0 Å². The lowest BCUT2D eigenvalue weighted by molar-refractivity contribution is 0.0774. The third-order valence-corrected chi connectivity index (χ3v) is 4.14. The predicted molar refractivity (Wildman–Crippen MR) is 87.8 cm³/mol. The number of carbonyl (C=O) groups is 1. The van der Waals surface area contributed by atoms with Crippen molar-refractivity contribution in [3.05, 3.63) is 29.3 Å². The molecular weight excluding hydrogens is 262 g/mol. The molecule has 0 saturated carbocycles. The van der Waals surface area contributed by atoms with Crippen LogP contribution in [0, 0.1) is 13.8 Å². The van der Waals surface area contributed by atoms with Crippen LogP contribution in [0.3, 0.4) is 0 Å². The van der Waals surface area contributed by atoms with Gasteiger partial charge in [0.1, 0.15) is 0 Å². The molecule has 21 heavy (non-hydrogen) atoms. The zero-order valence-electron chi connectivity index (χ0n) is 13.9. The summed E-state index contributed by atoms with van der Waals surface area (Å²) in [5.41, 5.74) is 3.40. The molecule has 1 aliphatic heterocycles. The summed E-state index contributed by atoms with van der Waals surface area (Å²) in [4.78, 5) is 16.7. The Kier molecular flexibility index (Phi) is 4.57. The highest BCUT2D eigenvalue weighted by atomic mass is 16.2. The molecular formula is C17H27N3O. The van der Waals surface area contributed by atoms with Crippen LogP contribution in [0.4, 0.5) is 10.5 Å². The van der Waals surface area contributed by atoms with Crippen LogP contribution in [0.15, 0.2) is 18.2 Å². The summed E-state index contributed by atoms with van der Waals surface area (Å²) < 4.78 is 0. The molecule has 0 spiro atoms. The van der Waals surface area contributed by atoms with Gasteiger partial charge in [-0.3, -0.25) is 4.90 Å². The van der Waals surface area contributed by atoms with Crippen molar-refractivity contribution in [1.29, 1.82) is 0 Å². The van der Waals surface area contributed by atoms with Crippen molar-refractivity contribution >= 4 is 11.7 Å². The highest BCUT2D eigenvalue weighted by molar-refractivity contribution is 5.90. The fourth-order valence-electron chi connectivity index (χ4n) is 2.73. The highest BCUT2D eigenvalue weighted by Gasteiger charge is 2.27. The SMILES string of the molecule is Cc1ccc(NC(=O)N2CCN(C(C)(C)C)CC2)c(C)c1. The first kappa shape index (κ1) is 15.8. The predicted octanol–water partition coefficient (Wildman–Crippen LogP) is 3.25. The average Bonchev–Trinajstić information content (AvgIpc) is 2.41. The van der Waals surface area contributed by atoms with Crippen molar-refractivity contribution in [2.24, 2.45) is 0 Å². The van der Waals surface area contributed by atoms with Crippen LogP contribution >= 0.6 is 0 Å². The van der Waals surface area contributed by atoms with E-state index in [0.29, 0.717) is 0 Å². The van der Waals surface area contributed by atoms with Crippen molar-refractivity contribution < 1.29 is 4.79 Å². The van der Waals surface area contributed by atoms with E-state index in [1.165, 1.54) is 5.56 Å². The molecule has 2 rings (SSSR count). The van der Waals surface area contributed by atoms with E-state index in [-0.39, 0.29) is 11.6 Å². The monoisotopic (exact) mass is 289 g/mol. The second-order valence-electron chi connectivity index (χ2n) is 6.89. The summed E-state index contributed by atoms with van der Waals surface area (Å²) in [6, 6.07) is 6.11. The lowest BCUT2D eigenvalue weighted by Gasteiger charge is -2.42. The highest BCUT2D eigenvalue weighted by Crippen LogP contribution is 2.19. The summed E-state index contributed by atoms with van der Waals surface area (Å²) in [7, 11) is 0. The van der Waals surface area contributed by atoms with Crippen molar-refractivity contribution in [3.8, 4) is 0 Å². The van der Waals surface area contributed by atoms with Gasteiger partial charge in [-0.1, -0.05) is 17.7 Å². The largest absolute Gasteiger partial charge is 0.322 e. The first-order valence-corrected chi connectivity index (χ1v) is 7.65. The smallest absolute Gasteiger partial charge is 0.321 e. The van der Waals surface area contributed by atoms with Crippen LogP contribution in [0.25, 0.3) is 0 Å². The number of piperazine rings is 1. The van der Waals surface area contributed by atoms with Gasteiger partial charge in [-0.25, -0.2) is 4.79 Å². The van der Waals surface area contributed by atoms with E-state index in [9.17, 15) is 4.79 Å². The molecule has 0 aromatic heterocycles. The first-order valence-electron chi connectivity index (χ1n) is 7.65. The number of anilines is 1. The van der Waals surface area contributed by atoms with Crippen molar-refractivity contribution in [1.82, 2.24) is 9.80 Å². The zero-order valence-corrected chi connectivity index (χ0v) is 13.9. The molecule has 1 saturated heterocycles. The van der Waals surface area contributed by atoms with Crippen LogP contribution in [0.5, 0.6) is 0 Å². The Balaban J connectivity index is 1.93. The minimum atomic E-state index is 0.00973. The molecule has 0 unspecified atom stereocenters. The Morgan fingerprint density at radius 3 is 2.24 bits per heavy atom. The number of nitrogens with zero attached hydrogens (tertiary/aromatic N) is 2. The van der Waals surface area contributed by atoms with Gasteiger partial charge in [0.05, 0.1) is 0 Å². The fourth-order valence-corrected chi connectivity index (χ4v) is 2.73. The zero-order chi connectivity index (χ0) is 15.6. The summed E-state index contributed by atoms with van der Waals surface area (Å²) >= 11 is 0. The number of hydrogen-bond acceptors (Lipinski definition) is 2. The molecule has 2 amide bonds. The van der Waals surface area contributed by atoms with E-state index in [4.69, 9.17) is 0 Å². The summed E-state index contributed by atoms with van der Waals surface area (Å²) in [6.07, 6.45) is 0. The molecule has 0 aliphatic carbocycles. The van der Waals surface area contributed by atoms with E-state index in [1.807, 2.05) is 24.0 Å². The van der Waals surface area contributed by atoms with Gasteiger partial charge in [0.25, 0.3) is 0 Å². The van der Waals surface area contributed by atoms with E-state index in [1.54, 1.807) is 0 Å². The summed E-state index contributed by atoms with van der Waals surface area (Å²) in [5, 5.41) is 3.03. The van der Waals surface area contributed by atoms with Gasteiger partial charge in [-0.15, -0.1) is 0 Å². The lowest BCUT2D eigenvalue weighted by atomic mass is 10.1. The van der Waals surface area contributed by atoms with Crippen LogP contribution in [0.1, 0.15) is 31.9 Å². The second-order valence-corrected chi connectivity index (χ2v) is 6.89. The molecule has 0 bridgehead atoms. The molecule has 116 valence electrons. The molecule has 0 atom stereocenters. The third-order valence-electron chi connectivity index (χ3n) is 4.14. The summed E-state index contributed by atoms with van der Waals surface area (Å²) in [5.74, 6) is 0. The van der Waals surface area contributed by atoms with E-state index >= 15 is 0 Å². The van der Waals surface area contributed by atoms with Gasteiger partial charge >= 0.3 is 6.03 Å². The maximum atomic E-state index is 12.4. The standard InChI is InChI=1S/C17H27N3O/c1-13-6-7-15(14(2)12-13)18-16(21)19-8-10-20(11-9-19)17(3,4)5/h6-7,12H,8-11H2,1-5H3,(H,18,21). The number of nitrogens with one attached hydrogen (secondary N) is 1. The summed E-state index contributed by atoms with van der Waals surface area (Å²) in [6.45, 7) is 14.2. The van der Waals surface area contributed by atoms with Crippen molar-refractivity contribution in [2.45, 2.75) is 40.2 Å². The van der Waals surface area contributed by atoms with E-state index < -0.39 is 0 Å². The number of urea groups is 1. The van der Waals surface area contributed by atoms with Crippen molar-refractivity contribution in [2.75, 3.05) is 31.5 Å². The maximum absolute atomic E-state index is 12.4. The molecule has 1 fully saturated rings. The fraction of sp³-hybridized carbons (Fsp3) is 0.588. The van der Waals surface area contributed by atoms with Crippen LogP contribution in [0.2, 0.25) is 0 Å². The van der Waals surface area contributed by atoms with Crippen LogP contribution in [-0.2, 0) is 0 Å². The van der Waals surface area contributed by atoms with E-state index in [0.717, 1.165) is 37.4 Å². The van der Waals surface area contributed by atoms with Gasteiger partial charge < -0.3 is 10.2 Å². The molecule has 1 N–H and O–H groups in total. The average molecular weight is 289 g/mol. The molecule has 1 heterocycles. The Labute approximate surface area is 128 Å². The number of aryl methyl sites for hydroxylation is 2. The Hall–Kier alpha value is -1.55. The van der Waals surface area contributed by atoms with E-state index in [2.05, 4.69) is 44.0 Å². The molecule has 1 aromatic rings.